The van der Waals surface area contributed by atoms with Crippen LogP contribution in [0.1, 0.15) is 45.8 Å². The van der Waals surface area contributed by atoms with E-state index in [4.69, 9.17) is 4.52 Å². The number of piperazine rings is 1. The Kier molecular flexibility index (Phi) is 4.81. The molecule has 2 unspecified atom stereocenters. The van der Waals surface area contributed by atoms with Gasteiger partial charge in [0, 0.05) is 38.1 Å². The van der Waals surface area contributed by atoms with E-state index in [1.807, 2.05) is 6.92 Å². The summed E-state index contributed by atoms with van der Waals surface area (Å²) in [4.78, 5) is 6.87. The molecule has 5 nitrogen and oxygen atoms in total. The van der Waals surface area contributed by atoms with Crippen molar-refractivity contribution in [2.45, 2.75) is 59.5 Å². The molecule has 1 fully saturated rings. The van der Waals surface area contributed by atoms with Crippen molar-refractivity contribution in [1.82, 2.24) is 20.4 Å². The molecule has 2 heterocycles. The Hall–Kier alpha value is -0.940. The SMILES string of the molecule is CCC1CNC(C(C)(C)C)CN1CCc1nc(C)no1. The quantitative estimate of drug-likeness (QED) is 0.914. The van der Waals surface area contributed by atoms with Crippen LogP contribution in [0.4, 0.5) is 0 Å². The fourth-order valence-electron chi connectivity index (χ4n) is 2.79. The standard InChI is InChI=1S/C15H28N4O/c1-6-12-9-16-13(15(3,4)5)10-19(12)8-7-14-17-11(2)18-20-14/h12-13,16H,6-10H2,1-5H3. The number of hydrogen-bond donors (Lipinski definition) is 1. The third kappa shape index (κ3) is 3.79. The molecule has 0 radical (unpaired) electrons. The topological polar surface area (TPSA) is 54.2 Å². The number of rotatable bonds is 4. The van der Waals surface area contributed by atoms with Crippen molar-refractivity contribution in [3.63, 3.8) is 0 Å². The highest BCUT2D eigenvalue weighted by atomic mass is 16.5. The van der Waals surface area contributed by atoms with Crippen molar-refractivity contribution < 1.29 is 4.52 Å². The molecular formula is C15H28N4O. The maximum absolute atomic E-state index is 5.21. The summed E-state index contributed by atoms with van der Waals surface area (Å²) >= 11 is 0. The summed E-state index contributed by atoms with van der Waals surface area (Å²) in [7, 11) is 0. The van der Waals surface area contributed by atoms with E-state index in [0.29, 0.717) is 12.1 Å². The minimum Gasteiger partial charge on any atom is -0.339 e. The first kappa shape index (κ1) is 15.4. The highest BCUT2D eigenvalue weighted by Crippen LogP contribution is 2.24. The first-order valence-electron chi connectivity index (χ1n) is 7.66. The molecule has 1 aliphatic rings. The maximum Gasteiger partial charge on any atom is 0.227 e. The Morgan fingerprint density at radius 3 is 2.70 bits per heavy atom. The zero-order valence-electron chi connectivity index (χ0n) is 13.4. The van der Waals surface area contributed by atoms with Crippen LogP contribution in [0.15, 0.2) is 4.52 Å². The summed E-state index contributed by atoms with van der Waals surface area (Å²) in [5.74, 6) is 1.48. The molecule has 5 heteroatoms. The van der Waals surface area contributed by atoms with Crippen LogP contribution in [0, 0.1) is 12.3 Å². The number of aromatic nitrogens is 2. The molecule has 20 heavy (non-hydrogen) atoms. The Balaban J connectivity index is 1.95. The van der Waals surface area contributed by atoms with Crippen LogP contribution in [-0.4, -0.2) is 46.8 Å². The lowest BCUT2D eigenvalue weighted by molar-refractivity contribution is 0.0827. The third-order valence-corrected chi connectivity index (χ3v) is 4.23. The molecule has 0 aromatic carbocycles. The van der Waals surface area contributed by atoms with E-state index in [9.17, 15) is 0 Å². The zero-order valence-corrected chi connectivity index (χ0v) is 13.4. The second-order valence-corrected chi connectivity index (χ2v) is 6.87. The van der Waals surface area contributed by atoms with Crippen molar-refractivity contribution in [2.24, 2.45) is 5.41 Å². The molecule has 114 valence electrons. The Labute approximate surface area is 122 Å². The molecule has 0 amide bonds. The normalized spacial score (nSPS) is 25.1. The van der Waals surface area contributed by atoms with Crippen molar-refractivity contribution in [3.05, 3.63) is 11.7 Å². The zero-order chi connectivity index (χ0) is 14.8. The van der Waals surface area contributed by atoms with Crippen LogP contribution in [0.3, 0.4) is 0 Å². The lowest BCUT2D eigenvalue weighted by Gasteiger charge is -2.44. The van der Waals surface area contributed by atoms with Crippen LogP contribution >= 0.6 is 0 Å². The van der Waals surface area contributed by atoms with E-state index in [-0.39, 0.29) is 5.41 Å². The summed E-state index contributed by atoms with van der Waals surface area (Å²) in [6, 6.07) is 1.15. The van der Waals surface area contributed by atoms with Gasteiger partial charge in [0.05, 0.1) is 0 Å². The minimum atomic E-state index is 0.290. The Morgan fingerprint density at radius 1 is 1.40 bits per heavy atom. The van der Waals surface area contributed by atoms with E-state index < -0.39 is 0 Å². The minimum absolute atomic E-state index is 0.290. The molecule has 1 aromatic heterocycles. The van der Waals surface area contributed by atoms with E-state index in [2.05, 4.69) is 48.1 Å². The van der Waals surface area contributed by atoms with Gasteiger partial charge in [-0.2, -0.15) is 4.98 Å². The van der Waals surface area contributed by atoms with Crippen molar-refractivity contribution >= 4 is 0 Å². The molecule has 0 aliphatic carbocycles. The van der Waals surface area contributed by atoms with Crippen LogP contribution < -0.4 is 5.32 Å². The van der Waals surface area contributed by atoms with Crippen LogP contribution in [0.2, 0.25) is 0 Å². The fourth-order valence-corrected chi connectivity index (χ4v) is 2.79. The highest BCUT2D eigenvalue weighted by molar-refractivity contribution is 4.93. The van der Waals surface area contributed by atoms with E-state index in [0.717, 1.165) is 37.8 Å². The molecule has 1 aromatic rings. The largest absolute Gasteiger partial charge is 0.339 e. The Morgan fingerprint density at radius 2 is 2.15 bits per heavy atom. The van der Waals surface area contributed by atoms with Gasteiger partial charge in [0.2, 0.25) is 5.89 Å². The predicted octanol–water partition coefficient (Wildman–Crippen LogP) is 2.02. The molecule has 1 aliphatic heterocycles. The van der Waals surface area contributed by atoms with E-state index >= 15 is 0 Å². The van der Waals surface area contributed by atoms with Gasteiger partial charge in [0.1, 0.15) is 0 Å². The molecule has 2 rings (SSSR count). The summed E-state index contributed by atoms with van der Waals surface area (Å²) in [5, 5.41) is 7.56. The monoisotopic (exact) mass is 280 g/mol. The third-order valence-electron chi connectivity index (χ3n) is 4.23. The number of aryl methyl sites for hydroxylation is 1. The van der Waals surface area contributed by atoms with Gasteiger partial charge in [0.15, 0.2) is 5.82 Å². The van der Waals surface area contributed by atoms with Crippen molar-refractivity contribution in [1.29, 1.82) is 0 Å². The molecular weight excluding hydrogens is 252 g/mol. The Bertz CT molecular complexity index is 424. The molecule has 0 spiro atoms. The fraction of sp³-hybridized carbons (Fsp3) is 0.867. The summed E-state index contributed by atoms with van der Waals surface area (Å²) in [5.41, 5.74) is 0.290. The first-order chi connectivity index (χ1) is 9.40. The smallest absolute Gasteiger partial charge is 0.227 e. The van der Waals surface area contributed by atoms with Gasteiger partial charge in [-0.3, -0.25) is 4.90 Å². The molecule has 0 bridgehead atoms. The molecule has 2 atom stereocenters. The van der Waals surface area contributed by atoms with Gasteiger partial charge in [0.25, 0.3) is 0 Å². The summed E-state index contributed by atoms with van der Waals surface area (Å²) in [6.07, 6.45) is 2.01. The number of nitrogens with zero attached hydrogens (tertiary/aromatic N) is 3. The van der Waals surface area contributed by atoms with Gasteiger partial charge >= 0.3 is 0 Å². The number of nitrogens with one attached hydrogen (secondary N) is 1. The van der Waals surface area contributed by atoms with Gasteiger partial charge in [-0.15, -0.1) is 0 Å². The summed E-state index contributed by atoms with van der Waals surface area (Å²) in [6.45, 7) is 14.2. The van der Waals surface area contributed by atoms with Crippen molar-refractivity contribution in [2.75, 3.05) is 19.6 Å². The van der Waals surface area contributed by atoms with E-state index in [1.54, 1.807) is 0 Å². The first-order valence-corrected chi connectivity index (χ1v) is 7.66. The van der Waals surface area contributed by atoms with Gasteiger partial charge < -0.3 is 9.84 Å². The van der Waals surface area contributed by atoms with Crippen LogP contribution in [0.25, 0.3) is 0 Å². The maximum atomic E-state index is 5.21. The summed E-state index contributed by atoms with van der Waals surface area (Å²) < 4.78 is 5.21. The second kappa shape index (κ2) is 6.22. The molecule has 0 saturated carbocycles. The number of hydrogen-bond acceptors (Lipinski definition) is 5. The lowest BCUT2D eigenvalue weighted by atomic mass is 9.84. The molecule has 1 saturated heterocycles. The highest BCUT2D eigenvalue weighted by Gasteiger charge is 2.33. The van der Waals surface area contributed by atoms with Gasteiger partial charge in [-0.1, -0.05) is 32.9 Å². The van der Waals surface area contributed by atoms with Crippen molar-refractivity contribution in [3.8, 4) is 0 Å². The average Bonchev–Trinajstić information content (AvgIpc) is 2.80. The lowest BCUT2D eigenvalue weighted by Crippen LogP contribution is -2.60. The van der Waals surface area contributed by atoms with Crippen LogP contribution in [0.5, 0.6) is 0 Å². The van der Waals surface area contributed by atoms with Gasteiger partial charge in [-0.25, -0.2) is 0 Å². The van der Waals surface area contributed by atoms with Gasteiger partial charge in [-0.05, 0) is 18.8 Å². The molecule has 1 N–H and O–H groups in total. The predicted molar refractivity (Wildman–Crippen MR) is 79.6 cm³/mol. The average molecular weight is 280 g/mol. The second-order valence-electron chi connectivity index (χ2n) is 6.87. The van der Waals surface area contributed by atoms with Crippen LogP contribution in [-0.2, 0) is 6.42 Å². The van der Waals surface area contributed by atoms with E-state index in [1.165, 1.54) is 6.42 Å².